The van der Waals surface area contributed by atoms with Crippen LogP contribution in [0.25, 0.3) is 0 Å². The largest absolute Gasteiger partial charge is 0.377 e. The van der Waals surface area contributed by atoms with Crippen LogP contribution < -0.4 is 5.32 Å². The van der Waals surface area contributed by atoms with Gasteiger partial charge in [0.1, 0.15) is 10.7 Å². The third-order valence-electron chi connectivity index (χ3n) is 2.55. The number of nitro groups is 1. The van der Waals surface area contributed by atoms with E-state index >= 15 is 0 Å². The van der Waals surface area contributed by atoms with Crippen molar-refractivity contribution < 1.29 is 4.92 Å². The lowest BCUT2D eigenvalue weighted by molar-refractivity contribution is -0.383. The Hall–Kier alpha value is -1.29. The molecule has 4 nitrogen and oxygen atoms in total. The summed E-state index contributed by atoms with van der Waals surface area (Å²) in [6, 6.07) is 5.04. The highest BCUT2D eigenvalue weighted by Gasteiger charge is 2.20. The minimum atomic E-state index is -0.461. The number of hydrogen-bond acceptors (Lipinski definition) is 3. The topological polar surface area (TPSA) is 55.2 Å². The second-order valence-electron chi connectivity index (χ2n) is 4.07. The number of benzene rings is 1. The van der Waals surface area contributed by atoms with Gasteiger partial charge in [0, 0.05) is 6.04 Å². The lowest BCUT2D eigenvalue weighted by Gasteiger charge is -2.18. The zero-order valence-corrected chi connectivity index (χ0v) is 10.3. The molecular weight excluding hydrogens is 228 g/mol. The number of nitrogens with one attached hydrogen (secondary N) is 1. The van der Waals surface area contributed by atoms with Crippen LogP contribution in [0.1, 0.15) is 20.8 Å². The van der Waals surface area contributed by atoms with E-state index < -0.39 is 4.92 Å². The number of anilines is 1. The predicted octanol–water partition coefficient (Wildman–Crippen LogP) is 3.70. The molecule has 1 aromatic rings. The van der Waals surface area contributed by atoms with E-state index in [1.165, 1.54) is 6.07 Å². The van der Waals surface area contributed by atoms with Crippen molar-refractivity contribution in [1.82, 2.24) is 0 Å². The molecule has 1 atom stereocenters. The van der Waals surface area contributed by atoms with Crippen LogP contribution in [-0.2, 0) is 0 Å². The van der Waals surface area contributed by atoms with Gasteiger partial charge in [-0.3, -0.25) is 10.1 Å². The van der Waals surface area contributed by atoms with E-state index in [1.54, 1.807) is 12.1 Å². The highest BCUT2D eigenvalue weighted by molar-refractivity contribution is 6.33. The van der Waals surface area contributed by atoms with Crippen LogP contribution in [0, 0.1) is 16.0 Å². The molecule has 88 valence electrons. The summed E-state index contributed by atoms with van der Waals surface area (Å²) in [7, 11) is 0. The summed E-state index contributed by atoms with van der Waals surface area (Å²) in [5.74, 6) is 0.388. The maximum atomic E-state index is 10.9. The number of halogens is 1. The summed E-state index contributed by atoms with van der Waals surface area (Å²) in [5.41, 5.74) is 0.412. The van der Waals surface area contributed by atoms with Gasteiger partial charge in [-0.25, -0.2) is 0 Å². The van der Waals surface area contributed by atoms with E-state index in [4.69, 9.17) is 11.6 Å². The quantitative estimate of drug-likeness (QED) is 0.647. The first-order valence-corrected chi connectivity index (χ1v) is 5.50. The van der Waals surface area contributed by atoms with Crippen molar-refractivity contribution in [3.63, 3.8) is 0 Å². The first kappa shape index (κ1) is 12.8. The number of nitrogens with zero attached hydrogens (tertiary/aromatic N) is 1. The van der Waals surface area contributed by atoms with Gasteiger partial charge in [-0.05, 0) is 25.0 Å². The molecule has 0 aliphatic heterocycles. The second kappa shape index (κ2) is 5.16. The molecule has 0 aliphatic rings. The number of para-hydroxylation sites is 1. The van der Waals surface area contributed by atoms with Gasteiger partial charge >= 0.3 is 5.69 Å². The average Bonchev–Trinajstić information content (AvgIpc) is 2.16. The highest BCUT2D eigenvalue weighted by atomic mass is 35.5. The average molecular weight is 243 g/mol. The first-order valence-electron chi connectivity index (χ1n) is 5.13. The molecule has 0 aromatic heterocycles. The SMILES string of the molecule is CC(C)C(C)Nc1cccc(Cl)c1[N+](=O)[O-]. The van der Waals surface area contributed by atoms with Crippen LogP contribution in [-0.4, -0.2) is 11.0 Å². The molecule has 1 N–H and O–H groups in total. The Morgan fingerprint density at radius 2 is 2.00 bits per heavy atom. The Bertz CT molecular complexity index is 394. The number of rotatable bonds is 4. The minimum Gasteiger partial charge on any atom is -0.377 e. The molecule has 1 aromatic carbocycles. The van der Waals surface area contributed by atoms with E-state index in [0.29, 0.717) is 11.6 Å². The van der Waals surface area contributed by atoms with Crippen molar-refractivity contribution in [3.05, 3.63) is 33.3 Å². The number of nitro benzene ring substituents is 1. The van der Waals surface area contributed by atoms with E-state index in [0.717, 1.165) is 0 Å². The Kier molecular flexibility index (Phi) is 4.12. The molecule has 1 rings (SSSR count). The van der Waals surface area contributed by atoms with Crippen molar-refractivity contribution in [2.45, 2.75) is 26.8 Å². The van der Waals surface area contributed by atoms with Crippen LogP contribution in [0.5, 0.6) is 0 Å². The first-order chi connectivity index (χ1) is 7.43. The molecule has 0 radical (unpaired) electrons. The molecule has 0 amide bonds. The lowest BCUT2D eigenvalue weighted by atomic mass is 10.1. The molecule has 0 saturated carbocycles. The van der Waals surface area contributed by atoms with Gasteiger partial charge < -0.3 is 5.32 Å². The van der Waals surface area contributed by atoms with Gasteiger partial charge in [0.05, 0.1) is 4.92 Å². The molecule has 0 fully saturated rings. The standard InChI is InChI=1S/C11H15ClN2O2/c1-7(2)8(3)13-10-6-4-5-9(12)11(10)14(15)16/h4-8,13H,1-3H3. The smallest absolute Gasteiger partial charge is 0.310 e. The molecular formula is C11H15ClN2O2. The molecule has 5 heteroatoms. The Morgan fingerprint density at radius 3 is 2.50 bits per heavy atom. The third kappa shape index (κ3) is 2.85. The summed E-state index contributed by atoms with van der Waals surface area (Å²) >= 11 is 5.81. The molecule has 16 heavy (non-hydrogen) atoms. The zero-order valence-electron chi connectivity index (χ0n) is 9.53. The molecule has 0 bridgehead atoms. The van der Waals surface area contributed by atoms with Crippen molar-refractivity contribution >= 4 is 23.0 Å². The Labute approximate surface area is 99.8 Å². The zero-order chi connectivity index (χ0) is 12.3. The van der Waals surface area contributed by atoms with Crippen LogP contribution in [0.2, 0.25) is 5.02 Å². The van der Waals surface area contributed by atoms with E-state index in [-0.39, 0.29) is 16.8 Å². The highest BCUT2D eigenvalue weighted by Crippen LogP contribution is 2.33. The van der Waals surface area contributed by atoms with E-state index in [2.05, 4.69) is 5.32 Å². The van der Waals surface area contributed by atoms with Crippen molar-refractivity contribution in [3.8, 4) is 0 Å². The summed E-state index contributed by atoms with van der Waals surface area (Å²) in [5, 5.41) is 14.1. The molecule has 1 unspecified atom stereocenters. The predicted molar refractivity (Wildman–Crippen MR) is 66.0 cm³/mol. The second-order valence-corrected chi connectivity index (χ2v) is 4.48. The molecule has 0 heterocycles. The molecule has 0 spiro atoms. The van der Waals surface area contributed by atoms with E-state index in [1.807, 2.05) is 20.8 Å². The van der Waals surface area contributed by atoms with Crippen LogP contribution in [0.3, 0.4) is 0 Å². The maximum Gasteiger partial charge on any atom is 0.310 e. The summed E-state index contributed by atoms with van der Waals surface area (Å²) in [6.07, 6.45) is 0. The van der Waals surface area contributed by atoms with Gasteiger partial charge in [0.2, 0.25) is 0 Å². The summed E-state index contributed by atoms with van der Waals surface area (Å²) < 4.78 is 0. The fraction of sp³-hybridized carbons (Fsp3) is 0.455. The summed E-state index contributed by atoms with van der Waals surface area (Å²) in [4.78, 5) is 10.4. The normalized spacial score (nSPS) is 12.6. The minimum absolute atomic E-state index is 0.0586. The fourth-order valence-corrected chi connectivity index (χ4v) is 1.47. The Balaban J connectivity index is 3.04. The van der Waals surface area contributed by atoms with E-state index in [9.17, 15) is 10.1 Å². The van der Waals surface area contributed by atoms with Crippen LogP contribution in [0.15, 0.2) is 18.2 Å². The fourth-order valence-electron chi connectivity index (χ4n) is 1.23. The van der Waals surface area contributed by atoms with Gasteiger partial charge in [-0.2, -0.15) is 0 Å². The lowest BCUT2D eigenvalue weighted by Crippen LogP contribution is -2.22. The van der Waals surface area contributed by atoms with Gasteiger partial charge in [0.25, 0.3) is 0 Å². The monoisotopic (exact) mass is 242 g/mol. The summed E-state index contributed by atoms with van der Waals surface area (Å²) in [6.45, 7) is 6.08. The van der Waals surface area contributed by atoms with Crippen LogP contribution in [0.4, 0.5) is 11.4 Å². The molecule has 0 aliphatic carbocycles. The third-order valence-corrected chi connectivity index (χ3v) is 2.86. The van der Waals surface area contributed by atoms with Crippen molar-refractivity contribution in [2.24, 2.45) is 5.92 Å². The molecule has 0 saturated heterocycles. The van der Waals surface area contributed by atoms with Gasteiger partial charge in [-0.1, -0.05) is 31.5 Å². The van der Waals surface area contributed by atoms with Crippen molar-refractivity contribution in [2.75, 3.05) is 5.32 Å². The van der Waals surface area contributed by atoms with Gasteiger partial charge in [-0.15, -0.1) is 0 Å². The maximum absolute atomic E-state index is 10.9. The number of hydrogen-bond donors (Lipinski definition) is 1. The van der Waals surface area contributed by atoms with Gasteiger partial charge in [0.15, 0.2) is 0 Å². The van der Waals surface area contributed by atoms with Crippen molar-refractivity contribution in [1.29, 1.82) is 0 Å². The Morgan fingerprint density at radius 1 is 1.38 bits per heavy atom. The van der Waals surface area contributed by atoms with Crippen LogP contribution >= 0.6 is 11.6 Å².